The van der Waals surface area contributed by atoms with Crippen LogP contribution in [0.2, 0.25) is 0 Å². The van der Waals surface area contributed by atoms with Crippen LogP contribution in [-0.4, -0.2) is 53.4 Å². The first-order valence-corrected chi connectivity index (χ1v) is 10.3. The van der Waals surface area contributed by atoms with Crippen molar-refractivity contribution in [3.05, 3.63) is 46.3 Å². The van der Waals surface area contributed by atoms with Crippen LogP contribution in [0, 0.1) is 27.7 Å². The zero-order chi connectivity index (χ0) is 20.3. The molecular formula is C22H34N6. The summed E-state index contributed by atoms with van der Waals surface area (Å²) >= 11 is 0. The second-order valence-electron chi connectivity index (χ2n) is 7.64. The average Bonchev–Trinajstić information content (AvgIpc) is 2.93. The van der Waals surface area contributed by atoms with Gasteiger partial charge in [0.15, 0.2) is 5.96 Å². The van der Waals surface area contributed by atoms with Crippen molar-refractivity contribution in [2.24, 2.45) is 12.0 Å². The number of guanidine groups is 1. The predicted octanol–water partition coefficient (Wildman–Crippen LogP) is 2.94. The van der Waals surface area contributed by atoms with Gasteiger partial charge in [0.2, 0.25) is 0 Å². The molecule has 152 valence electrons. The van der Waals surface area contributed by atoms with Gasteiger partial charge in [0.05, 0.1) is 12.2 Å². The number of aromatic nitrogens is 2. The average molecular weight is 383 g/mol. The quantitative estimate of drug-likeness (QED) is 0.652. The molecule has 1 aliphatic heterocycles. The first kappa shape index (κ1) is 20.2. The third-order valence-electron chi connectivity index (χ3n) is 5.88. The summed E-state index contributed by atoms with van der Waals surface area (Å²) in [5.41, 5.74) is 7.60. The van der Waals surface area contributed by atoms with Gasteiger partial charge in [-0.2, -0.15) is 5.10 Å². The van der Waals surface area contributed by atoms with Gasteiger partial charge >= 0.3 is 0 Å². The van der Waals surface area contributed by atoms with E-state index in [0.717, 1.165) is 44.4 Å². The lowest BCUT2D eigenvalue weighted by atomic mass is 10.1. The Morgan fingerprint density at radius 2 is 1.82 bits per heavy atom. The maximum Gasteiger partial charge on any atom is 0.194 e. The molecule has 6 heteroatoms. The molecular weight excluding hydrogens is 348 g/mol. The lowest BCUT2D eigenvalue weighted by molar-refractivity contribution is 0.372. The Morgan fingerprint density at radius 3 is 2.43 bits per heavy atom. The van der Waals surface area contributed by atoms with Crippen molar-refractivity contribution in [1.82, 2.24) is 20.0 Å². The second kappa shape index (κ2) is 8.67. The Hall–Kier alpha value is -2.50. The molecule has 0 bridgehead atoms. The molecule has 0 spiro atoms. The SMILES string of the molecule is CCNC(=NCc1c(C)nn(C)c1C)N1CCN(c2cccc(C)c2C)CC1. The third-order valence-corrected chi connectivity index (χ3v) is 5.88. The van der Waals surface area contributed by atoms with Gasteiger partial charge in [0.25, 0.3) is 0 Å². The number of aryl methyl sites for hydroxylation is 3. The van der Waals surface area contributed by atoms with Gasteiger partial charge in [-0.05, 0) is 51.8 Å². The summed E-state index contributed by atoms with van der Waals surface area (Å²) < 4.78 is 1.94. The third kappa shape index (κ3) is 4.16. The maximum absolute atomic E-state index is 4.93. The molecule has 0 atom stereocenters. The van der Waals surface area contributed by atoms with Gasteiger partial charge in [-0.1, -0.05) is 12.1 Å². The Balaban J connectivity index is 1.70. The Kier molecular flexibility index (Phi) is 6.27. The fraction of sp³-hybridized carbons (Fsp3) is 0.545. The molecule has 0 unspecified atom stereocenters. The van der Waals surface area contributed by atoms with E-state index in [1.54, 1.807) is 0 Å². The molecule has 3 rings (SSSR count). The van der Waals surface area contributed by atoms with E-state index in [1.165, 1.54) is 28.1 Å². The lowest BCUT2D eigenvalue weighted by Gasteiger charge is -2.38. The van der Waals surface area contributed by atoms with Crippen molar-refractivity contribution in [1.29, 1.82) is 0 Å². The first-order chi connectivity index (χ1) is 13.4. The summed E-state index contributed by atoms with van der Waals surface area (Å²) in [6.07, 6.45) is 0. The number of aliphatic imine (C=N–C) groups is 1. The molecule has 2 heterocycles. The number of rotatable bonds is 4. The van der Waals surface area contributed by atoms with Gasteiger partial charge < -0.3 is 15.1 Å². The Bertz CT molecular complexity index is 843. The molecule has 1 aromatic carbocycles. The number of hydrogen-bond donors (Lipinski definition) is 1. The number of nitrogens with zero attached hydrogens (tertiary/aromatic N) is 5. The van der Waals surface area contributed by atoms with E-state index in [2.05, 4.69) is 73.0 Å². The minimum atomic E-state index is 0.672. The summed E-state index contributed by atoms with van der Waals surface area (Å²) in [4.78, 5) is 9.81. The van der Waals surface area contributed by atoms with E-state index in [-0.39, 0.29) is 0 Å². The minimum absolute atomic E-state index is 0.672. The molecule has 0 saturated carbocycles. The molecule has 1 fully saturated rings. The number of nitrogens with one attached hydrogen (secondary N) is 1. The molecule has 1 saturated heterocycles. The zero-order valence-corrected chi connectivity index (χ0v) is 18.2. The van der Waals surface area contributed by atoms with E-state index in [9.17, 15) is 0 Å². The standard InChI is InChI=1S/C22H34N6/c1-7-23-22(24-15-20-18(4)25-26(6)19(20)5)28-13-11-27(12-14-28)21-10-8-9-16(2)17(21)3/h8-10H,7,11-15H2,1-6H3,(H,23,24). The molecule has 1 aromatic heterocycles. The van der Waals surface area contributed by atoms with Gasteiger partial charge in [-0.3, -0.25) is 4.68 Å². The molecule has 1 aliphatic rings. The fourth-order valence-corrected chi connectivity index (χ4v) is 3.86. The maximum atomic E-state index is 4.93. The zero-order valence-electron chi connectivity index (χ0n) is 18.2. The van der Waals surface area contributed by atoms with Crippen molar-refractivity contribution >= 4 is 11.6 Å². The van der Waals surface area contributed by atoms with Crippen LogP contribution in [0.3, 0.4) is 0 Å². The van der Waals surface area contributed by atoms with Crippen LogP contribution >= 0.6 is 0 Å². The van der Waals surface area contributed by atoms with Gasteiger partial charge in [0, 0.05) is 56.7 Å². The monoisotopic (exact) mass is 382 g/mol. The van der Waals surface area contributed by atoms with Gasteiger partial charge in [-0.25, -0.2) is 4.99 Å². The fourth-order valence-electron chi connectivity index (χ4n) is 3.86. The van der Waals surface area contributed by atoms with E-state index >= 15 is 0 Å². The minimum Gasteiger partial charge on any atom is -0.368 e. The number of anilines is 1. The normalized spacial score (nSPS) is 15.3. The number of piperazine rings is 1. The van der Waals surface area contributed by atoms with E-state index in [4.69, 9.17) is 4.99 Å². The smallest absolute Gasteiger partial charge is 0.194 e. The molecule has 0 amide bonds. The number of benzene rings is 1. The van der Waals surface area contributed by atoms with Crippen LogP contribution < -0.4 is 10.2 Å². The van der Waals surface area contributed by atoms with Crippen molar-refractivity contribution in [3.8, 4) is 0 Å². The highest BCUT2D eigenvalue weighted by molar-refractivity contribution is 5.80. The van der Waals surface area contributed by atoms with Crippen LogP contribution in [0.5, 0.6) is 0 Å². The lowest BCUT2D eigenvalue weighted by Crippen LogP contribution is -2.52. The highest BCUT2D eigenvalue weighted by Gasteiger charge is 2.21. The van der Waals surface area contributed by atoms with Crippen LogP contribution in [0.4, 0.5) is 5.69 Å². The van der Waals surface area contributed by atoms with Gasteiger partial charge in [-0.15, -0.1) is 0 Å². The van der Waals surface area contributed by atoms with E-state index in [0.29, 0.717) is 6.54 Å². The molecule has 0 aliphatic carbocycles. The van der Waals surface area contributed by atoms with Crippen LogP contribution in [0.15, 0.2) is 23.2 Å². The first-order valence-electron chi connectivity index (χ1n) is 10.3. The molecule has 2 aromatic rings. The Labute approximate surface area is 169 Å². The van der Waals surface area contributed by atoms with Crippen molar-refractivity contribution < 1.29 is 0 Å². The molecule has 1 N–H and O–H groups in total. The van der Waals surface area contributed by atoms with Crippen molar-refractivity contribution in [2.45, 2.75) is 41.2 Å². The summed E-state index contributed by atoms with van der Waals surface area (Å²) in [5.74, 6) is 1.01. The summed E-state index contributed by atoms with van der Waals surface area (Å²) in [6.45, 7) is 16.2. The van der Waals surface area contributed by atoms with Crippen LogP contribution in [0.1, 0.15) is 35.0 Å². The largest absolute Gasteiger partial charge is 0.368 e. The van der Waals surface area contributed by atoms with E-state index in [1.807, 2.05) is 11.7 Å². The van der Waals surface area contributed by atoms with Crippen LogP contribution in [-0.2, 0) is 13.6 Å². The van der Waals surface area contributed by atoms with E-state index < -0.39 is 0 Å². The second-order valence-corrected chi connectivity index (χ2v) is 7.64. The van der Waals surface area contributed by atoms with Crippen molar-refractivity contribution in [3.63, 3.8) is 0 Å². The number of hydrogen-bond acceptors (Lipinski definition) is 3. The molecule has 28 heavy (non-hydrogen) atoms. The predicted molar refractivity (Wildman–Crippen MR) is 117 cm³/mol. The highest BCUT2D eigenvalue weighted by Crippen LogP contribution is 2.24. The summed E-state index contributed by atoms with van der Waals surface area (Å²) in [7, 11) is 1.99. The van der Waals surface area contributed by atoms with Gasteiger partial charge in [0.1, 0.15) is 0 Å². The summed E-state index contributed by atoms with van der Waals surface area (Å²) in [5, 5.41) is 7.99. The molecule has 0 radical (unpaired) electrons. The topological polar surface area (TPSA) is 48.7 Å². The van der Waals surface area contributed by atoms with Crippen LogP contribution in [0.25, 0.3) is 0 Å². The highest BCUT2D eigenvalue weighted by atomic mass is 15.3. The Morgan fingerprint density at radius 1 is 1.11 bits per heavy atom. The molecule has 6 nitrogen and oxygen atoms in total. The van der Waals surface area contributed by atoms with Crippen molar-refractivity contribution in [2.75, 3.05) is 37.6 Å². The summed E-state index contributed by atoms with van der Waals surface area (Å²) in [6, 6.07) is 6.59.